The molecule has 4 unspecified atom stereocenters. The maximum absolute atomic E-state index is 13.7. The average Bonchev–Trinajstić information content (AvgIpc) is 3.62. The molecule has 0 saturated carbocycles. The molecule has 226 valence electrons. The van der Waals surface area contributed by atoms with Crippen molar-refractivity contribution in [2.45, 2.75) is 56.3 Å². The maximum atomic E-state index is 13.7. The van der Waals surface area contributed by atoms with Crippen molar-refractivity contribution in [3.63, 3.8) is 0 Å². The number of amides is 3. The molecule has 0 saturated heterocycles. The van der Waals surface area contributed by atoms with Crippen LogP contribution in [0.5, 0.6) is 0 Å². The highest BCUT2D eigenvalue weighted by atomic mass is 32.2. The first-order valence-corrected chi connectivity index (χ1v) is 14.6. The van der Waals surface area contributed by atoms with Gasteiger partial charge >= 0.3 is 11.9 Å². The Labute approximate surface area is 245 Å². The molecule has 15 heteroatoms. The molecular weight excluding hydrogens is 566 g/mol. The minimum Gasteiger partial charge on any atom is -0.481 e. The minimum atomic E-state index is -1.49. The van der Waals surface area contributed by atoms with Gasteiger partial charge in [0.25, 0.3) is 0 Å². The number of imidazole rings is 1. The van der Waals surface area contributed by atoms with E-state index in [9.17, 15) is 29.1 Å². The van der Waals surface area contributed by atoms with Gasteiger partial charge in [-0.05, 0) is 36.5 Å². The van der Waals surface area contributed by atoms with E-state index >= 15 is 0 Å². The van der Waals surface area contributed by atoms with Gasteiger partial charge in [-0.3, -0.25) is 19.2 Å². The molecule has 0 aliphatic heterocycles. The summed E-state index contributed by atoms with van der Waals surface area (Å²) < 4.78 is 0. The third-order valence-electron chi connectivity index (χ3n) is 6.58. The van der Waals surface area contributed by atoms with Gasteiger partial charge in [-0.15, -0.1) is 0 Å². The molecule has 0 aliphatic carbocycles. The Kier molecular flexibility index (Phi) is 11.9. The Bertz CT molecular complexity index is 1380. The molecule has 2 aromatic heterocycles. The fourth-order valence-corrected chi connectivity index (χ4v) is 4.77. The highest BCUT2D eigenvalue weighted by Crippen LogP contribution is 2.19. The first kappa shape index (κ1) is 32.1. The van der Waals surface area contributed by atoms with Crippen LogP contribution in [0, 0.1) is 0 Å². The van der Waals surface area contributed by atoms with Crippen molar-refractivity contribution in [2.24, 2.45) is 5.73 Å². The SMILES string of the molecule is CSCCC(N)C(=O)NC(Cc1c[nH]c2ccccc12)C(=O)NC(Cc1cnc[nH]1)C(=O)NC(CCC(=O)O)C(=O)O. The van der Waals surface area contributed by atoms with Crippen LogP contribution in [0.15, 0.2) is 43.0 Å². The summed E-state index contributed by atoms with van der Waals surface area (Å²) in [6.45, 7) is 0. The summed E-state index contributed by atoms with van der Waals surface area (Å²) >= 11 is 1.53. The highest BCUT2D eigenvalue weighted by molar-refractivity contribution is 7.98. The van der Waals surface area contributed by atoms with Gasteiger partial charge in [-0.2, -0.15) is 11.8 Å². The van der Waals surface area contributed by atoms with Gasteiger partial charge in [-0.1, -0.05) is 18.2 Å². The Balaban J connectivity index is 1.85. The number of hydrogen-bond acceptors (Lipinski definition) is 8. The Morgan fingerprint density at radius 2 is 1.60 bits per heavy atom. The van der Waals surface area contributed by atoms with E-state index in [1.54, 1.807) is 6.20 Å². The predicted octanol–water partition coefficient (Wildman–Crippen LogP) is 0.160. The number of hydrogen-bond donors (Lipinski definition) is 8. The zero-order valence-electron chi connectivity index (χ0n) is 23.0. The van der Waals surface area contributed by atoms with Crippen molar-refractivity contribution in [2.75, 3.05) is 12.0 Å². The number of aliphatic carboxylic acids is 2. The van der Waals surface area contributed by atoms with Gasteiger partial charge in [0.2, 0.25) is 17.7 Å². The second-order valence-electron chi connectivity index (χ2n) is 9.69. The molecule has 1 aromatic carbocycles. The van der Waals surface area contributed by atoms with Gasteiger partial charge in [-0.25, -0.2) is 9.78 Å². The quantitative estimate of drug-likeness (QED) is 0.104. The van der Waals surface area contributed by atoms with Crippen LogP contribution < -0.4 is 21.7 Å². The van der Waals surface area contributed by atoms with E-state index in [0.717, 1.165) is 16.5 Å². The lowest BCUT2D eigenvalue weighted by Crippen LogP contribution is -2.58. The van der Waals surface area contributed by atoms with Crippen molar-refractivity contribution in [1.29, 1.82) is 0 Å². The summed E-state index contributed by atoms with van der Waals surface area (Å²) in [6, 6.07) is 2.70. The molecular formula is C27H35N7O7S. The van der Waals surface area contributed by atoms with Crippen molar-refractivity contribution < 1.29 is 34.2 Å². The first-order chi connectivity index (χ1) is 20.1. The molecule has 0 fully saturated rings. The number of nitrogens with two attached hydrogens (primary N) is 1. The third-order valence-corrected chi connectivity index (χ3v) is 7.22. The van der Waals surface area contributed by atoms with E-state index in [1.165, 1.54) is 24.3 Å². The Morgan fingerprint density at radius 1 is 0.929 bits per heavy atom. The number of benzene rings is 1. The molecule has 0 radical (unpaired) electrons. The highest BCUT2D eigenvalue weighted by Gasteiger charge is 2.31. The van der Waals surface area contributed by atoms with Crippen molar-refractivity contribution in [3.8, 4) is 0 Å². The standard InChI is InChI=1S/C27H35N7O7S/c1-42-9-8-18(28)24(37)33-21(10-15-12-30-19-5-3-2-4-17(15)19)25(38)34-22(11-16-13-29-14-31-16)26(39)32-20(27(40)41)6-7-23(35)36/h2-5,12-14,18,20-22,30H,6-11,28H2,1H3,(H,29,31)(H,32,39)(H,33,37)(H,34,38)(H,35,36)(H,40,41). The number of aromatic amines is 2. The second-order valence-corrected chi connectivity index (χ2v) is 10.7. The van der Waals surface area contributed by atoms with E-state index in [0.29, 0.717) is 17.9 Å². The molecule has 9 N–H and O–H groups in total. The summed E-state index contributed by atoms with van der Waals surface area (Å²) in [6.07, 6.45) is 6.01. The lowest BCUT2D eigenvalue weighted by molar-refractivity contribution is -0.143. The molecule has 0 spiro atoms. The molecule has 42 heavy (non-hydrogen) atoms. The summed E-state index contributed by atoms with van der Waals surface area (Å²) in [5, 5.41) is 27.0. The molecule has 0 aliphatic rings. The molecule has 3 rings (SSSR count). The molecule has 3 aromatic rings. The number of carbonyl (C=O) groups is 5. The van der Waals surface area contributed by atoms with Crippen LogP contribution in [0.4, 0.5) is 0 Å². The van der Waals surface area contributed by atoms with Crippen molar-refractivity contribution >= 4 is 52.3 Å². The van der Waals surface area contributed by atoms with Crippen LogP contribution in [0.3, 0.4) is 0 Å². The van der Waals surface area contributed by atoms with E-state index < -0.39 is 60.2 Å². The van der Waals surface area contributed by atoms with Crippen LogP contribution >= 0.6 is 11.8 Å². The number of rotatable bonds is 17. The number of carbonyl (C=O) groups excluding carboxylic acids is 3. The molecule has 3 amide bonds. The van der Waals surface area contributed by atoms with Crippen LogP contribution in [0.25, 0.3) is 10.9 Å². The summed E-state index contributed by atoms with van der Waals surface area (Å²) in [4.78, 5) is 72.4. The molecule has 14 nitrogen and oxygen atoms in total. The fourth-order valence-electron chi connectivity index (χ4n) is 4.28. The fraction of sp³-hybridized carbons (Fsp3) is 0.407. The van der Waals surface area contributed by atoms with Gasteiger partial charge in [0.15, 0.2) is 0 Å². The van der Waals surface area contributed by atoms with E-state index in [-0.39, 0.29) is 19.3 Å². The largest absolute Gasteiger partial charge is 0.481 e. The molecule has 2 heterocycles. The van der Waals surface area contributed by atoms with Gasteiger partial charge in [0, 0.05) is 48.3 Å². The van der Waals surface area contributed by atoms with E-state index in [1.807, 2.05) is 30.5 Å². The van der Waals surface area contributed by atoms with Crippen LogP contribution in [-0.2, 0) is 36.8 Å². The van der Waals surface area contributed by atoms with Crippen LogP contribution in [0.2, 0.25) is 0 Å². The number of carboxylic acid groups (broad SMARTS) is 2. The number of fused-ring (bicyclic) bond motifs is 1. The zero-order chi connectivity index (χ0) is 30.6. The summed E-state index contributed by atoms with van der Waals surface area (Å²) in [7, 11) is 0. The number of para-hydroxylation sites is 1. The summed E-state index contributed by atoms with van der Waals surface area (Å²) in [5.74, 6) is -4.05. The monoisotopic (exact) mass is 601 g/mol. The number of thioether (sulfide) groups is 1. The third kappa shape index (κ3) is 9.34. The lowest BCUT2D eigenvalue weighted by Gasteiger charge is -2.25. The van der Waals surface area contributed by atoms with E-state index in [2.05, 4.69) is 30.9 Å². The Hall–Kier alpha value is -4.37. The second kappa shape index (κ2) is 15.6. The van der Waals surface area contributed by atoms with Gasteiger partial charge < -0.3 is 41.9 Å². The van der Waals surface area contributed by atoms with E-state index in [4.69, 9.17) is 10.8 Å². The smallest absolute Gasteiger partial charge is 0.326 e. The Morgan fingerprint density at radius 3 is 2.24 bits per heavy atom. The van der Waals surface area contributed by atoms with Gasteiger partial charge in [0.1, 0.15) is 18.1 Å². The van der Waals surface area contributed by atoms with Crippen LogP contribution in [-0.4, -0.2) is 91.0 Å². The van der Waals surface area contributed by atoms with Gasteiger partial charge in [0.05, 0.1) is 12.4 Å². The number of H-pyrrole nitrogens is 2. The maximum Gasteiger partial charge on any atom is 0.326 e. The topological polar surface area (TPSA) is 232 Å². The van der Waals surface area contributed by atoms with Crippen LogP contribution in [0.1, 0.15) is 30.5 Å². The number of carboxylic acids is 2. The minimum absolute atomic E-state index is 0.0750. The molecule has 4 atom stereocenters. The summed E-state index contributed by atoms with van der Waals surface area (Å²) in [5.41, 5.74) is 8.12. The number of aromatic nitrogens is 3. The number of nitrogens with zero attached hydrogens (tertiary/aromatic N) is 1. The zero-order valence-corrected chi connectivity index (χ0v) is 23.8. The normalized spacial score (nSPS) is 14.0. The number of nitrogens with one attached hydrogen (secondary N) is 5. The van der Waals surface area contributed by atoms with Crippen molar-refractivity contribution in [3.05, 3.63) is 54.2 Å². The average molecular weight is 602 g/mol. The predicted molar refractivity (Wildman–Crippen MR) is 156 cm³/mol. The lowest BCUT2D eigenvalue weighted by atomic mass is 10.0. The molecule has 0 bridgehead atoms. The van der Waals surface area contributed by atoms with Crippen molar-refractivity contribution in [1.82, 2.24) is 30.9 Å². The first-order valence-electron chi connectivity index (χ1n) is 13.2.